The average Bonchev–Trinajstić information content (AvgIpc) is 2.62. The van der Waals surface area contributed by atoms with Gasteiger partial charge in [-0.05, 0) is 55.3 Å². The topological polar surface area (TPSA) is 84.0 Å². The first-order valence-corrected chi connectivity index (χ1v) is 9.82. The number of halogens is 1. The molecule has 27 heavy (non-hydrogen) atoms. The van der Waals surface area contributed by atoms with E-state index in [-0.39, 0.29) is 4.90 Å². The minimum absolute atomic E-state index is 0.00394. The molecule has 0 bridgehead atoms. The standard InChI is InChI=1S/C19H19FN4O2S/c1-3-14-4-7-16(23-19-10-13(2)21-12-22-19)11-18(14)24-27(25,26)17-8-5-15(20)6-9-17/h4-12,24H,3H2,1-2H3,(H,21,22,23). The lowest BCUT2D eigenvalue weighted by molar-refractivity contribution is 0.599. The minimum atomic E-state index is -3.83. The molecule has 3 rings (SSSR count). The van der Waals surface area contributed by atoms with E-state index in [1.165, 1.54) is 18.5 Å². The number of nitrogens with zero attached hydrogens (tertiary/aromatic N) is 2. The van der Waals surface area contributed by atoms with Crippen molar-refractivity contribution in [3.63, 3.8) is 0 Å². The van der Waals surface area contributed by atoms with E-state index in [1.54, 1.807) is 12.1 Å². The van der Waals surface area contributed by atoms with Crippen LogP contribution in [0.15, 0.2) is 59.8 Å². The summed E-state index contributed by atoms with van der Waals surface area (Å²) >= 11 is 0. The van der Waals surface area contributed by atoms with Gasteiger partial charge in [-0.1, -0.05) is 13.0 Å². The monoisotopic (exact) mass is 386 g/mol. The van der Waals surface area contributed by atoms with Crippen molar-refractivity contribution in [1.82, 2.24) is 9.97 Å². The predicted molar refractivity (Wildman–Crippen MR) is 103 cm³/mol. The Morgan fingerprint density at radius 1 is 1.04 bits per heavy atom. The molecule has 0 radical (unpaired) electrons. The molecule has 3 aromatic rings. The van der Waals surface area contributed by atoms with Crippen LogP contribution in [0, 0.1) is 12.7 Å². The van der Waals surface area contributed by atoms with Crippen molar-refractivity contribution in [2.45, 2.75) is 25.2 Å². The highest BCUT2D eigenvalue weighted by molar-refractivity contribution is 7.92. The molecule has 0 amide bonds. The number of hydrogen-bond acceptors (Lipinski definition) is 5. The Morgan fingerprint density at radius 2 is 1.78 bits per heavy atom. The first-order valence-electron chi connectivity index (χ1n) is 8.34. The van der Waals surface area contributed by atoms with Gasteiger partial charge in [0.05, 0.1) is 10.6 Å². The third-order valence-electron chi connectivity index (χ3n) is 3.94. The van der Waals surface area contributed by atoms with Crippen molar-refractivity contribution in [2.24, 2.45) is 0 Å². The van der Waals surface area contributed by atoms with Crippen LogP contribution in [0.2, 0.25) is 0 Å². The maximum absolute atomic E-state index is 13.1. The van der Waals surface area contributed by atoms with Crippen LogP contribution < -0.4 is 10.0 Å². The molecule has 0 aliphatic heterocycles. The van der Waals surface area contributed by atoms with Gasteiger partial charge in [0.15, 0.2) is 0 Å². The lowest BCUT2D eigenvalue weighted by atomic mass is 10.1. The summed E-state index contributed by atoms with van der Waals surface area (Å²) in [6.45, 7) is 3.79. The zero-order valence-corrected chi connectivity index (χ0v) is 15.7. The van der Waals surface area contributed by atoms with Crippen molar-refractivity contribution in [3.05, 3.63) is 71.9 Å². The Kier molecular flexibility index (Phi) is 5.36. The van der Waals surface area contributed by atoms with Crippen LogP contribution in [0.5, 0.6) is 0 Å². The van der Waals surface area contributed by atoms with Crippen LogP contribution in [0.4, 0.5) is 21.6 Å². The number of hydrogen-bond donors (Lipinski definition) is 2. The fraction of sp³-hybridized carbons (Fsp3) is 0.158. The molecule has 0 spiro atoms. The molecular weight excluding hydrogens is 367 g/mol. The predicted octanol–water partition coefficient (Wildman–Crippen LogP) is 4.03. The Hall–Kier alpha value is -3.00. The van der Waals surface area contributed by atoms with E-state index in [9.17, 15) is 12.8 Å². The van der Waals surface area contributed by atoms with E-state index >= 15 is 0 Å². The second kappa shape index (κ2) is 7.71. The molecule has 0 aliphatic rings. The smallest absolute Gasteiger partial charge is 0.261 e. The van der Waals surface area contributed by atoms with E-state index in [0.717, 1.165) is 23.4 Å². The Labute approximate surface area is 157 Å². The molecule has 140 valence electrons. The number of anilines is 3. The zero-order valence-electron chi connectivity index (χ0n) is 14.9. The SMILES string of the molecule is CCc1ccc(Nc2cc(C)ncn2)cc1NS(=O)(=O)c1ccc(F)cc1. The van der Waals surface area contributed by atoms with Gasteiger partial charge < -0.3 is 5.32 Å². The van der Waals surface area contributed by atoms with Crippen LogP contribution in [0.1, 0.15) is 18.2 Å². The molecule has 0 aliphatic carbocycles. The maximum atomic E-state index is 13.1. The summed E-state index contributed by atoms with van der Waals surface area (Å²) in [6, 6.07) is 11.9. The van der Waals surface area contributed by atoms with Crippen molar-refractivity contribution < 1.29 is 12.8 Å². The van der Waals surface area contributed by atoms with Gasteiger partial charge >= 0.3 is 0 Å². The van der Waals surface area contributed by atoms with Gasteiger partial charge in [0.2, 0.25) is 0 Å². The quantitative estimate of drug-likeness (QED) is 0.668. The number of rotatable bonds is 6. The second-order valence-electron chi connectivity index (χ2n) is 5.95. The van der Waals surface area contributed by atoms with Crippen LogP contribution in [-0.4, -0.2) is 18.4 Å². The molecule has 6 nitrogen and oxygen atoms in total. The third kappa shape index (κ3) is 4.59. The van der Waals surface area contributed by atoms with Gasteiger partial charge in [0.25, 0.3) is 10.0 Å². The highest BCUT2D eigenvalue weighted by atomic mass is 32.2. The van der Waals surface area contributed by atoms with Gasteiger partial charge in [-0.25, -0.2) is 22.8 Å². The van der Waals surface area contributed by atoms with Crippen LogP contribution in [0.3, 0.4) is 0 Å². The Bertz CT molecular complexity index is 1050. The summed E-state index contributed by atoms with van der Waals surface area (Å²) in [5, 5.41) is 3.13. The van der Waals surface area contributed by atoms with Gasteiger partial charge in [0, 0.05) is 17.4 Å². The van der Waals surface area contributed by atoms with Gasteiger partial charge in [0.1, 0.15) is 18.0 Å². The normalized spacial score (nSPS) is 11.2. The van der Waals surface area contributed by atoms with Gasteiger partial charge in [-0.15, -0.1) is 0 Å². The van der Waals surface area contributed by atoms with Crippen LogP contribution >= 0.6 is 0 Å². The maximum Gasteiger partial charge on any atom is 0.261 e. The lowest BCUT2D eigenvalue weighted by Crippen LogP contribution is -2.14. The summed E-state index contributed by atoms with van der Waals surface area (Å²) < 4.78 is 40.9. The van der Waals surface area contributed by atoms with Crippen LogP contribution in [-0.2, 0) is 16.4 Å². The molecule has 0 saturated carbocycles. The van der Waals surface area contributed by atoms with Gasteiger partial charge in [-0.3, -0.25) is 4.72 Å². The number of aryl methyl sites for hydroxylation is 2. The lowest BCUT2D eigenvalue weighted by Gasteiger charge is -2.14. The highest BCUT2D eigenvalue weighted by Crippen LogP contribution is 2.26. The summed E-state index contributed by atoms with van der Waals surface area (Å²) in [4.78, 5) is 8.18. The molecule has 2 N–H and O–H groups in total. The van der Waals surface area contributed by atoms with E-state index in [1.807, 2.05) is 26.0 Å². The molecule has 1 aromatic heterocycles. The number of nitrogens with one attached hydrogen (secondary N) is 2. The number of aromatic nitrogens is 2. The van der Waals surface area contributed by atoms with Crippen molar-refractivity contribution in [3.8, 4) is 0 Å². The summed E-state index contributed by atoms with van der Waals surface area (Å²) in [5.74, 6) is 0.119. The fourth-order valence-electron chi connectivity index (χ4n) is 2.55. The number of benzene rings is 2. The molecule has 0 saturated heterocycles. The minimum Gasteiger partial charge on any atom is -0.340 e. The Balaban J connectivity index is 1.90. The fourth-order valence-corrected chi connectivity index (χ4v) is 3.64. The average molecular weight is 386 g/mol. The van der Waals surface area contributed by atoms with E-state index in [0.29, 0.717) is 23.6 Å². The summed E-state index contributed by atoms with van der Waals surface area (Å²) in [5.41, 5.74) is 2.79. The van der Waals surface area contributed by atoms with E-state index in [4.69, 9.17) is 0 Å². The second-order valence-corrected chi connectivity index (χ2v) is 7.64. The summed E-state index contributed by atoms with van der Waals surface area (Å²) in [7, 11) is -3.83. The van der Waals surface area contributed by atoms with Crippen LogP contribution in [0.25, 0.3) is 0 Å². The highest BCUT2D eigenvalue weighted by Gasteiger charge is 2.16. The molecule has 2 aromatic carbocycles. The van der Waals surface area contributed by atoms with Crippen molar-refractivity contribution >= 4 is 27.2 Å². The van der Waals surface area contributed by atoms with Gasteiger partial charge in [-0.2, -0.15) is 0 Å². The summed E-state index contributed by atoms with van der Waals surface area (Å²) in [6.07, 6.45) is 2.10. The molecule has 0 atom stereocenters. The first-order chi connectivity index (χ1) is 12.9. The molecule has 8 heteroatoms. The van der Waals surface area contributed by atoms with E-state index < -0.39 is 15.8 Å². The molecule has 0 unspecified atom stereocenters. The molecule has 0 fully saturated rings. The molecule has 1 heterocycles. The Morgan fingerprint density at radius 3 is 2.44 bits per heavy atom. The zero-order chi connectivity index (χ0) is 19.4. The molecular formula is C19H19FN4O2S. The largest absolute Gasteiger partial charge is 0.340 e. The first kappa shape index (κ1) is 18.8. The van der Waals surface area contributed by atoms with Crippen molar-refractivity contribution in [1.29, 1.82) is 0 Å². The van der Waals surface area contributed by atoms with Crippen molar-refractivity contribution in [2.75, 3.05) is 10.0 Å². The number of sulfonamides is 1. The third-order valence-corrected chi connectivity index (χ3v) is 5.32. The van der Waals surface area contributed by atoms with E-state index in [2.05, 4.69) is 20.0 Å².